The minimum absolute atomic E-state index is 0.0410. The van der Waals surface area contributed by atoms with E-state index in [1.54, 1.807) is 0 Å². The number of likely N-dealkylation sites (tertiary alicyclic amines) is 1. The van der Waals surface area contributed by atoms with Crippen molar-refractivity contribution >= 4 is 17.5 Å². The number of halogens is 1. The van der Waals surface area contributed by atoms with Gasteiger partial charge in [0.2, 0.25) is 5.91 Å². The Labute approximate surface area is 167 Å². The Hall–Kier alpha value is -1.84. The summed E-state index contributed by atoms with van der Waals surface area (Å²) in [6.07, 6.45) is 1.80. The fraction of sp³-hybridized carbons (Fsp3) is 0.435. The second-order valence-electron chi connectivity index (χ2n) is 7.73. The van der Waals surface area contributed by atoms with E-state index < -0.39 is 0 Å². The molecule has 1 amide bonds. The SMILES string of the molecule is Cc1ccc([C@H](C)NC(=O)C2CCN(Cc3ccccc3Cl)CC2)c(C)c1. The van der Waals surface area contributed by atoms with Gasteiger partial charge in [0.25, 0.3) is 0 Å². The van der Waals surface area contributed by atoms with E-state index in [0.29, 0.717) is 0 Å². The molecule has 1 aliphatic rings. The number of aryl methyl sites for hydroxylation is 2. The number of hydrogen-bond acceptors (Lipinski definition) is 2. The van der Waals surface area contributed by atoms with Crippen LogP contribution in [0.5, 0.6) is 0 Å². The molecule has 2 aromatic carbocycles. The number of nitrogens with zero attached hydrogens (tertiary/aromatic N) is 1. The zero-order valence-corrected chi connectivity index (χ0v) is 17.2. The Morgan fingerprint density at radius 1 is 1.19 bits per heavy atom. The summed E-state index contributed by atoms with van der Waals surface area (Å²) in [6, 6.07) is 14.4. The van der Waals surface area contributed by atoms with E-state index in [1.807, 2.05) is 18.2 Å². The maximum Gasteiger partial charge on any atom is 0.223 e. The van der Waals surface area contributed by atoms with E-state index in [4.69, 9.17) is 11.6 Å². The van der Waals surface area contributed by atoms with Crippen LogP contribution in [0.3, 0.4) is 0 Å². The first-order valence-corrected chi connectivity index (χ1v) is 10.1. The highest BCUT2D eigenvalue weighted by atomic mass is 35.5. The van der Waals surface area contributed by atoms with Gasteiger partial charge in [-0.25, -0.2) is 0 Å². The monoisotopic (exact) mass is 384 g/mol. The summed E-state index contributed by atoms with van der Waals surface area (Å²) >= 11 is 6.27. The van der Waals surface area contributed by atoms with E-state index in [0.717, 1.165) is 43.1 Å². The molecular weight excluding hydrogens is 356 g/mol. The molecule has 0 saturated carbocycles. The summed E-state index contributed by atoms with van der Waals surface area (Å²) in [5.41, 5.74) is 4.84. The number of hydrogen-bond donors (Lipinski definition) is 1. The first kappa shape index (κ1) is 19.9. The van der Waals surface area contributed by atoms with Gasteiger partial charge in [-0.15, -0.1) is 0 Å². The van der Waals surface area contributed by atoms with Crippen LogP contribution >= 0.6 is 11.6 Å². The van der Waals surface area contributed by atoms with Crippen LogP contribution in [-0.2, 0) is 11.3 Å². The normalized spacial score (nSPS) is 16.9. The van der Waals surface area contributed by atoms with Crippen LogP contribution < -0.4 is 5.32 Å². The molecule has 0 aromatic heterocycles. The van der Waals surface area contributed by atoms with Crippen LogP contribution in [0.1, 0.15) is 48.1 Å². The summed E-state index contributed by atoms with van der Waals surface area (Å²) < 4.78 is 0. The van der Waals surface area contributed by atoms with Crippen molar-refractivity contribution in [3.8, 4) is 0 Å². The Bertz CT molecular complexity index is 797. The molecular formula is C23H29ClN2O. The molecule has 0 radical (unpaired) electrons. The standard InChI is InChI=1S/C23H29ClN2O/c1-16-8-9-21(17(2)14-16)18(3)25-23(27)19-10-12-26(13-11-19)15-20-6-4-5-7-22(20)24/h4-9,14,18-19H,10-13,15H2,1-3H3,(H,25,27)/t18-/m0/s1. The van der Waals surface area contributed by atoms with E-state index in [2.05, 4.69) is 55.3 Å². The fourth-order valence-electron chi connectivity index (χ4n) is 3.94. The first-order valence-electron chi connectivity index (χ1n) is 9.77. The molecule has 1 fully saturated rings. The molecule has 27 heavy (non-hydrogen) atoms. The van der Waals surface area contributed by atoms with E-state index in [9.17, 15) is 4.79 Å². The van der Waals surface area contributed by atoms with Crippen LogP contribution in [0.25, 0.3) is 0 Å². The predicted octanol–water partition coefficient (Wildman–Crippen LogP) is 5.05. The van der Waals surface area contributed by atoms with Gasteiger partial charge in [0.05, 0.1) is 6.04 Å². The maximum atomic E-state index is 12.7. The van der Waals surface area contributed by atoms with Gasteiger partial charge in [0.15, 0.2) is 0 Å². The molecule has 3 rings (SSSR count). The third-order valence-electron chi connectivity index (χ3n) is 5.56. The largest absolute Gasteiger partial charge is 0.349 e. The molecule has 0 spiro atoms. The number of rotatable bonds is 5. The van der Waals surface area contributed by atoms with Gasteiger partial charge >= 0.3 is 0 Å². The minimum atomic E-state index is 0.0410. The molecule has 1 saturated heterocycles. The highest BCUT2D eigenvalue weighted by Gasteiger charge is 2.26. The van der Waals surface area contributed by atoms with Gasteiger partial charge in [-0.05, 0) is 69.5 Å². The topological polar surface area (TPSA) is 32.3 Å². The average Bonchev–Trinajstić information content (AvgIpc) is 2.64. The van der Waals surface area contributed by atoms with Gasteiger partial charge in [-0.3, -0.25) is 9.69 Å². The number of benzene rings is 2. The lowest BCUT2D eigenvalue weighted by atomic mass is 9.94. The number of amides is 1. The van der Waals surface area contributed by atoms with Crippen LogP contribution in [0.4, 0.5) is 0 Å². The molecule has 0 bridgehead atoms. The molecule has 3 nitrogen and oxygen atoms in total. The number of piperidine rings is 1. The number of carbonyl (C=O) groups is 1. The van der Waals surface area contributed by atoms with Crippen molar-refractivity contribution in [3.63, 3.8) is 0 Å². The van der Waals surface area contributed by atoms with Gasteiger partial charge in [0, 0.05) is 17.5 Å². The van der Waals surface area contributed by atoms with Crippen molar-refractivity contribution in [2.75, 3.05) is 13.1 Å². The van der Waals surface area contributed by atoms with E-state index >= 15 is 0 Å². The third kappa shape index (κ3) is 5.12. The fourth-order valence-corrected chi connectivity index (χ4v) is 4.14. The molecule has 1 aliphatic heterocycles. The van der Waals surface area contributed by atoms with Crippen LogP contribution in [0, 0.1) is 19.8 Å². The predicted molar refractivity (Wildman–Crippen MR) is 112 cm³/mol. The summed E-state index contributed by atoms with van der Waals surface area (Å²) in [5, 5.41) is 4.04. The molecule has 1 N–H and O–H groups in total. The Morgan fingerprint density at radius 3 is 2.56 bits per heavy atom. The van der Waals surface area contributed by atoms with E-state index in [1.165, 1.54) is 16.7 Å². The zero-order chi connectivity index (χ0) is 19.4. The quantitative estimate of drug-likeness (QED) is 0.782. The molecule has 0 aliphatic carbocycles. The van der Waals surface area contributed by atoms with Crippen molar-refractivity contribution in [3.05, 3.63) is 69.7 Å². The highest BCUT2D eigenvalue weighted by Crippen LogP contribution is 2.24. The zero-order valence-electron chi connectivity index (χ0n) is 16.5. The molecule has 2 aromatic rings. The highest BCUT2D eigenvalue weighted by molar-refractivity contribution is 6.31. The lowest BCUT2D eigenvalue weighted by molar-refractivity contribution is -0.127. The molecule has 0 unspecified atom stereocenters. The van der Waals surface area contributed by atoms with Crippen molar-refractivity contribution in [1.82, 2.24) is 10.2 Å². The van der Waals surface area contributed by atoms with Crippen LogP contribution in [-0.4, -0.2) is 23.9 Å². The van der Waals surface area contributed by atoms with Gasteiger partial charge < -0.3 is 5.32 Å². The van der Waals surface area contributed by atoms with Gasteiger partial charge in [-0.2, -0.15) is 0 Å². The lowest BCUT2D eigenvalue weighted by Crippen LogP contribution is -2.41. The maximum absolute atomic E-state index is 12.7. The molecule has 144 valence electrons. The Balaban J connectivity index is 1.51. The van der Waals surface area contributed by atoms with Gasteiger partial charge in [0.1, 0.15) is 0 Å². The van der Waals surface area contributed by atoms with Crippen molar-refractivity contribution in [2.24, 2.45) is 5.92 Å². The van der Waals surface area contributed by atoms with Gasteiger partial charge in [-0.1, -0.05) is 53.6 Å². The second kappa shape index (κ2) is 8.90. The second-order valence-corrected chi connectivity index (χ2v) is 8.14. The van der Waals surface area contributed by atoms with Crippen molar-refractivity contribution in [1.29, 1.82) is 0 Å². The molecule has 1 heterocycles. The van der Waals surface area contributed by atoms with E-state index in [-0.39, 0.29) is 17.9 Å². The molecule has 4 heteroatoms. The summed E-state index contributed by atoms with van der Waals surface area (Å²) in [6.45, 7) is 8.99. The van der Waals surface area contributed by atoms with Crippen molar-refractivity contribution < 1.29 is 4.79 Å². The molecule has 1 atom stereocenters. The van der Waals surface area contributed by atoms with Crippen LogP contribution in [0.15, 0.2) is 42.5 Å². The average molecular weight is 385 g/mol. The smallest absolute Gasteiger partial charge is 0.223 e. The first-order chi connectivity index (χ1) is 12.9. The number of carbonyl (C=O) groups excluding carboxylic acids is 1. The number of nitrogens with one attached hydrogen (secondary N) is 1. The minimum Gasteiger partial charge on any atom is -0.349 e. The lowest BCUT2D eigenvalue weighted by Gasteiger charge is -2.32. The Kier molecular flexibility index (Phi) is 6.56. The summed E-state index contributed by atoms with van der Waals surface area (Å²) in [5.74, 6) is 0.278. The third-order valence-corrected chi connectivity index (χ3v) is 5.93. The summed E-state index contributed by atoms with van der Waals surface area (Å²) in [7, 11) is 0. The Morgan fingerprint density at radius 2 is 1.89 bits per heavy atom. The summed E-state index contributed by atoms with van der Waals surface area (Å²) in [4.78, 5) is 15.1. The van der Waals surface area contributed by atoms with Crippen LogP contribution in [0.2, 0.25) is 5.02 Å². The van der Waals surface area contributed by atoms with Crippen molar-refractivity contribution in [2.45, 2.75) is 46.2 Å².